The highest BCUT2D eigenvalue weighted by atomic mass is 79.9. The minimum absolute atomic E-state index is 0.101. The number of amides is 2. The maximum atomic E-state index is 11.7. The van der Waals surface area contributed by atoms with Crippen LogP contribution in [0.25, 0.3) is 0 Å². The number of nitrogens with two attached hydrogens (primary N) is 1. The number of nitrogens with zero attached hydrogens (tertiary/aromatic N) is 1. The molecule has 0 spiro atoms. The van der Waals surface area contributed by atoms with Crippen LogP contribution in [0, 0.1) is 0 Å². The highest BCUT2D eigenvalue weighted by molar-refractivity contribution is 9.10. The molecule has 0 aromatic heterocycles. The number of rotatable bonds is 2. The highest BCUT2D eigenvalue weighted by Crippen LogP contribution is 2.27. The van der Waals surface area contributed by atoms with Crippen molar-refractivity contribution in [3.8, 4) is 0 Å². The molecule has 1 unspecified atom stereocenters. The maximum absolute atomic E-state index is 11.7. The van der Waals surface area contributed by atoms with E-state index < -0.39 is 6.04 Å². The number of hydrogen-bond acceptors (Lipinski definition) is 4. The van der Waals surface area contributed by atoms with Gasteiger partial charge in [-0.25, -0.2) is 0 Å². The molecule has 1 aromatic carbocycles. The van der Waals surface area contributed by atoms with Crippen molar-refractivity contribution in [2.24, 2.45) is 5.73 Å². The lowest BCUT2D eigenvalue weighted by molar-refractivity contribution is -0.132. The minimum Gasteiger partial charge on any atom is -0.389 e. The predicted molar refractivity (Wildman–Crippen MR) is 80.0 cm³/mol. The first-order chi connectivity index (χ1) is 8.90. The lowest BCUT2D eigenvalue weighted by Gasteiger charge is -2.34. The van der Waals surface area contributed by atoms with E-state index in [1.807, 2.05) is 6.07 Å². The SMILES string of the molecule is CC1C(=O)NC(=O)CN1c1ccc(Br)cc1C(N)=S. The minimum atomic E-state index is -0.452. The van der Waals surface area contributed by atoms with Gasteiger partial charge in [0.25, 0.3) is 0 Å². The van der Waals surface area contributed by atoms with Crippen molar-refractivity contribution in [3.63, 3.8) is 0 Å². The van der Waals surface area contributed by atoms with E-state index in [1.54, 1.807) is 24.0 Å². The number of carbonyl (C=O) groups excluding carboxylic acids is 2. The average molecular weight is 342 g/mol. The maximum Gasteiger partial charge on any atom is 0.249 e. The van der Waals surface area contributed by atoms with Crippen molar-refractivity contribution in [2.45, 2.75) is 13.0 Å². The van der Waals surface area contributed by atoms with Crippen LogP contribution in [0.15, 0.2) is 22.7 Å². The van der Waals surface area contributed by atoms with Gasteiger partial charge in [0, 0.05) is 15.7 Å². The fourth-order valence-corrected chi connectivity index (χ4v) is 2.49. The van der Waals surface area contributed by atoms with E-state index in [-0.39, 0.29) is 23.3 Å². The smallest absolute Gasteiger partial charge is 0.249 e. The lowest BCUT2D eigenvalue weighted by Crippen LogP contribution is -2.57. The molecule has 0 saturated carbocycles. The third kappa shape index (κ3) is 2.76. The molecular formula is C12H12BrN3O2S. The van der Waals surface area contributed by atoms with Crippen LogP contribution in [-0.2, 0) is 9.59 Å². The van der Waals surface area contributed by atoms with Gasteiger partial charge < -0.3 is 10.6 Å². The Balaban J connectivity index is 2.48. The van der Waals surface area contributed by atoms with E-state index in [4.69, 9.17) is 18.0 Å². The number of thiocarbonyl (C=S) groups is 1. The van der Waals surface area contributed by atoms with E-state index >= 15 is 0 Å². The van der Waals surface area contributed by atoms with E-state index in [2.05, 4.69) is 21.2 Å². The molecule has 0 aliphatic carbocycles. The Labute approximate surface area is 124 Å². The Hall–Kier alpha value is -1.47. The number of hydrogen-bond donors (Lipinski definition) is 2. The van der Waals surface area contributed by atoms with Gasteiger partial charge in [-0.05, 0) is 25.1 Å². The van der Waals surface area contributed by atoms with Crippen molar-refractivity contribution in [1.29, 1.82) is 0 Å². The molecule has 0 bridgehead atoms. The van der Waals surface area contributed by atoms with Crippen LogP contribution >= 0.6 is 28.1 Å². The van der Waals surface area contributed by atoms with Crippen LogP contribution in [0.1, 0.15) is 12.5 Å². The first-order valence-corrected chi connectivity index (χ1v) is 6.80. The molecule has 1 saturated heterocycles. The Morgan fingerprint density at radius 3 is 2.84 bits per heavy atom. The summed E-state index contributed by atoms with van der Waals surface area (Å²) < 4.78 is 0.833. The van der Waals surface area contributed by atoms with Gasteiger partial charge in [-0.15, -0.1) is 0 Å². The number of anilines is 1. The van der Waals surface area contributed by atoms with Crippen molar-refractivity contribution in [3.05, 3.63) is 28.2 Å². The molecule has 3 N–H and O–H groups in total. The van der Waals surface area contributed by atoms with E-state index in [9.17, 15) is 9.59 Å². The largest absolute Gasteiger partial charge is 0.389 e. The fourth-order valence-electron chi connectivity index (χ4n) is 1.96. The molecule has 1 aliphatic heterocycles. The summed E-state index contributed by atoms with van der Waals surface area (Å²) >= 11 is 8.37. The molecule has 2 rings (SSSR count). The zero-order valence-corrected chi connectivity index (χ0v) is 12.5. The predicted octanol–water partition coefficient (Wildman–Crippen LogP) is 0.935. The summed E-state index contributed by atoms with van der Waals surface area (Å²) in [5, 5.41) is 2.30. The monoisotopic (exact) mass is 341 g/mol. The molecule has 1 atom stereocenters. The normalized spacial score (nSPS) is 19.3. The average Bonchev–Trinajstić information content (AvgIpc) is 2.34. The molecule has 1 aliphatic rings. The van der Waals surface area contributed by atoms with E-state index in [1.165, 1.54) is 0 Å². The molecule has 2 amide bonds. The first-order valence-electron chi connectivity index (χ1n) is 5.60. The number of benzene rings is 1. The Kier molecular flexibility index (Phi) is 3.86. The van der Waals surface area contributed by atoms with Crippen LogP contribution in [0.2, 0.25) is 0 Å². The lowest BCUT2D eigenvalue weighted by atomic mass is 10.1. The molecule has 7 heteroatoms. The number of imide groups is 1. The summed E-state index contributed by atoms with van der Waals surface area (Å²) in [7, 11) is 0. The molecule has 1 aromatic rings. The van der Waals surface area contributed by atoms with Crippen LogP contribution in [0.4, 0.5) is 5.69 Å². The Morgan fingerprint density at radius 2 is 2.21 bits per heavy atom. The van der Waals surface area contributed by atoms with Crippen LogP contribution in [-0.4, -0.2) is 29.4 Å². The quantitative estimate of drug-likeness (QED) is 0.618. The van der Waals surface area contributed by atoms with Gasteiger partial charge in [-0.2, -0.15) is 0 Å². The zero-order valence-electron chi connectivity index (χ0n) is 10.1. The van der Waals surface area contributed by atoms with Crippen molar-refractivity contribution < 1.29 is 9.59 Å². The first kappa shape index (κ1) is 14.0. The fraction of sp³-hybridized carbons (Fsp3) is 0.250. The topological polar surface area (TPSA) is 75.4 Å². The number of nitrogens with one attached hydrogen (secondary N) is 1. The van der Waals surface area contributed by atoms with E-state index in [0.29, 0.717) is 11.3 Å². The van der Waals surface area contributed by atoms with Crippen molar-refractivity contribution in [2.75, 3.05) is 11.4 Å². The molecule has 5 nitrogen and oxygen atoms in total. The third-order valence-corrected chi connectivity index (χ3v) is 3.67. The number of carbonyl (C=O) groups is 2. The van der Waals surface area contributed by atoms with Crippen molar-refractivity contribution in [1.82, 2.24) is 5.32 Å². The second-order valence-electron chi connectivity index (χ2n) is 4.24. The molecule has 100 valence electrons. The highest BCUT2D eigenvalue weighted by Gasteiger charge is 2.31. The zero-order chi connectivity index (χ0) is 14.2. The van der Waals surface area contributed by atoms with Crippen LogP contribution < -0.4 is 16.0 Å². The Bertz CT molecular complexity index is 576. The van der Waals surface area contributed by atoms with E-state index in [0.717, 1.165) is 4.47 Å². The van der Waals surface area contributed by atoms with Gasteiger partial charge in [0.2, 0.25) is 11.8 Å². The molecular weight excluding hydrogens is 330 g/mol. The molecule has 1 fully saturated rings. The summed E-state index contributed by atoms with van der Waals surface area (Å²) in [6.07, 6.45) is 0. The second-order valence-corrected chi connectivity index (χ2v) is 5.60. The van der Waals surface area contributed by atoms with Crippen LogP contribution in [0.5, 0.6) is 0 Å². The summed E-state index contributed by atoms with van der Waals surface area (Å²) in [6, 6.07) is 4.94. The molecule has 19 heavy (non-hydrogen) atoms. The van der Waals surface area contributed by atoms with Gasteiger partial charge in [-0.1, -0.05) is 28.1 Å². The van der Waals surface area contributed by atoms with Crippen LogP contribution in [0.3, 0.4) is 0 Å². The van der Waals surface area contributed by atoms with Crippen molar-refractivity contribution >= 4 is 50.6 Å². The molecule has 0 radical (unpaired) electrons. The summed E-state index contributed by atoms with van der Waals surface area (Å²) in [6.45, 7) is 1.83. The van der Waals surface area contributed by atoms with Gasteiger partial charge in [-0.3, -0.25) is 14.9 Å². The second kappa shape index (κ2) is 5.26. The van der Waals surface area contributed by atoms with Gasteiger partial charge in [0.1, 0.15) is 11.0 Å². The summed E-state index contributed by atoms with van der Waals surface area (Å²) in [5.41, 5.74) is 7.03. The van der Waals surface area contributed by atoms with Gasteiger partial charge in [0.05, 0.1) is 6.54 Å². The van der Waals surface area contributed by atoms with Gasteiger partial charge in [0.15, 0.2) is 0 Å². The standard InChI is InChI=1S/C12H12BrN3O2S/c1-6-12(18)15-10(17)5-16(6)9-3-2-7(13)4-8(9)11(14)19/h2-4,6H,5H2,1H3,(H2,14,19)(H,15,17,18). The Morgan fingerprint density at radius 1 is 1.53 bits per heavy atom. The molecule has 1 heterocycles. The number of piperazine rings is 1. The third-order valence-electron chi connectivity index (χ3n) is 2.96. The summed E-state index contributed by atoms with van der Waals surface area (Å²) in [4.78, 5) is 25.1. The summed E-state index contributed by atoms with van der Waals surface area (Å²) in [5.74, 6) is -0.659. The van der Waals surface area contributed by atoms with Gasteiger partial charge >= 0.3 is 0 Å². The number of halogens is 1.